The number of benzene rings is 1. The van der Waals surface area contributed by atoms with E-state index in [1.165, 1.54) is 11.1 Å². The molecule has 2 rings (SSSR count). The molecule has 0 atom stereocenters. The first-order chi connectivity index (χ1) is 6.65. The fourth-order valence-electron chi connectivity index (χ4n) is 1.42. The molecule has 0 unspecified atom stereocenters. The molecule has 0 aliphatic rings. The smallest absolute Gasteiger partial charge is 0.285 e. The molecule has 1 aromatic carbocycles. The summed E-state index contributed by atoms with van der Waals surface area (Å²) in [5.74, 6) is 0.545. The van der Waals surface area contributed by atoms with Crippen LogP contribution in [0.25, 0.3) is 11.5 Å². The van der Waals surface area contributed by atoms with Gasteiger partial charge in [-0.25, -0.2) is 0 Å². The lowest BCUT2D eigenvalue weighted by Crippen LogP contribution is -1.82. The summed E-state index contributed by atoms with van der Waals surface area (Å²) in [5.41, 5.74) is 3.34. The molecule has 0 bridgehead atoms. The van der Waals surface area contributed by atoms with Crippen LogP contribution in [-0.2, 0) is 0 Å². The molecule has 2 aromatic rings. The van der Waals surface area contributed by atoms with Gasteiger partial charge < -0.3 is 4.42 Å². The maximum atomic E-state index is 5.27. The Labute approximate surface area is 90.3 Å². The Morgan fingerprint density at radius 1 is 1.07 bits per heavy atom. The number of hydrogen-bond acceptors (Lipinski definition) is 3. The molecule has 0 radical (unpaired) electrons. The van der Waals surface area contributed by atoms with Gasteiger partial charge in [-0.3, -0.25) is 0 Å². The van der Waals surface area contributed by atoms with Gasteiger partial charge >= 0.3 is 0 Å². The Morgan fingerprint density at radius 2 is 1.71 bits per heavy atom. The third kappa shape index (κ3) is 1.85. The van der Waals surface area contributed by atoms with E-state index >= 15 is 0 Å². The molecule has 0 N–H and O–H groups in total. The standard InChI is InChI=1S/C10H9BrN2O/c1-6-3-7(2)5-8(4-6)9-12-13-10(11)14-9/h3-5H,1-2H3. The van der Waals surface area contributed by atoms with E-state index < -0.39 is 0 Å². The molecule has 1 aromatic heterocycles. The van der Waals surface area contributed by atoms with Crippen LogP contribution in [0.1, 0.15) is 11.1 Å². The summed E-state index contributed by atoms with van der Waals surface area (Å²) in [6.45, 7) is 4.09. The van der Waals surface area contributed by atoms with E-state index in [9.17, 15) is 0 Å². The van der Waals surface area contributed by atoms with Gasteiger partial charge in [-0.2, -0.15) is 0 Å². The second-order valence-electron chi connectivity index (χ2n) is 3.24. The SMILES string of the molecule is Cc1cc(C)cc(-c2nnc(Br)o2)c1. The monoisotopic (exact) mass is 252 g/mol. The molecule has 3 nitrogen and oxygen atoms in total. The molecule has 72 valence electrons. The van der Waals surface area contributed by atoms with E-state index in [-0.39, 0.29) is 0 Å². The van der Waals surface area contributed by atoms with Crippen molar-refractivity contribution in [3.63, 3.8) is 0 Å². The van der Waals surface area contributed by atoms with Crippen molar-refractivity contribution in [2.75, 3.05) is 0 Å². The van der Waals surface area contributed by atoms with Crippen molar-refractivity contribution in [2.45, 2.75) is 13.8 Å². The van der Waals surface area contributed by atoms with Crippen LogP contribution in [0.5, 0.6) is 0 Å². The molecule has 0 saturated carbocycles. The van der Waals surface area contributed by atoms with Crippen LogP contribution in [0.4, 0.5) is 0 Å². The minimum Gasteiger partial charge on any atom is -0.411 e. The van der Waals surface area contributed by atoms with Gasteiger partial charge in [-0.15, -0.1) is 10.2 Å². The van der Waals surface area contributed by atoms with Gasteiger partial charge in [-0.05, 0) is 26.0 Å². The number of aryl methyl sites for hydroxylation is 2. The molecule has 0 aliphatic carbocycles. The Balaban J connectivity index is 2.51. The van der Waals surface area contributed by atoms with Crippen molar-refractivity contribution in [3.8, 4) is 11.5 Å². The van der Waals surface area contributed by atoms with Crippen LogP contribution >= 0.6 is 15.9 Å². The molecule has 14 heavy (non-hydrogen) atoms. The normalized spacial score (nSPS) is 10.5. The quantitative estimate of drug-likeness (QED) is 0.783. The highest BCUT2D eigenvalue weighted by atomic mass is 79.9. The van der Waals surface area contributed by atoms with Gasteiger partial charge in [0, 0.05) is 21.5 Å². The van der Waals surface area contributed by atoms with Crippen LogP contribution in [0, 0.1) is 13.8 Å². The highest BCUT2D eigenvalue weighted by molar-refractivity contribution is 9.10. The van der Waals surface area contributed by atoms with Crippen LogP contribution < -0.4 is 0 Å². The summed E-state index contributed by atoms with van der Waals surface area (Å²) in [6.07, 6.45) is 0. The second-order valence-corrected chi connectivity index (χ2v) is 3.91. The van der Waals surface area contributed by atoms with E-state index in [2.05, 4.69) is 32.2 Å². The van der Waals surface area contributed by atoms with Gasteiger partial charge in [0.05, 0.1) is 0 Å². The van der Waals surface area contributed by atoms with E-state index in [1.807, 2.05) is 26.0 Å². The second kappa shape index (κ2) is 3.53. The van der Waals surface area contributed by atoms with Gasteiger partial charge in [0.15, 0.2) is 0 Å². The third-order valence-corrected chi connectivity index (χ3v) is 2.19. The number of halogens is 1. The van der Waals surface area contributed by atoms with E-state index in [4.69, 9.17) is 4.42 Å². The van der Waals surface area contributed by atoms with Gasteiger partial charge in [-0.1, -0.05) is 17.2 Å². The molecular formula is C10H9BrN2O. The molecule has 0 fully saturated rings. The largest absolute Gasteiger partial charge is 0.411 e. The average molecular weight is 253 g/mol. The first kappa shape index (κ1) is 9.40. The summed E-state index contributed by atoms with van der Waals surface area (Å²) in [6, 6.07) is 6.15. The van der Waals surface area contributed by atoms with Crippen molar-refractivity contribution in [1.82, 2.24) is 10.2 Å². The number of nitrogens with zero attached hydrogens (tertiary/aromatic N) is 2. The van der Waals surface area contributed by atoms with Crippen LogP contribution in [-0.4, -0.2) is 10.2 Å². The zero-order chi connectivity index (χ0) is 10.1. The molecule has 1 heterocycles. The minimum absolute atomic E-state index is 0.409. The topological polar surface area (TPSA) is 38.9 Å². The summed E-state index contributed by atoms with van der Waals surface area (Å²) >= 11 is 3.13. The van der Waals surface area contributed by atoms with Crippen molar-refractivity contribution < 1.29 is 4.42 Å². The fraction of sp³-hybridized carbons (Fsp3) is 0.200. The molecule has 0 aliphatic heterocycles. The van der Waals surface area contributed by atoms with Crippen molar-refractivity contribution in [1.29, 1.82) is 0 Å². The van der Waals surface area contributed by atoms with E-state index in [1.54, 1.807) is 0 Å². The summed E-state index contributed by atoms with van der Waals surface area (Å²) in [4.78, 5) is 0.409. The molecule has 0 saturated heterocycles. The van der Waals surface area contributed by atoms with Crippen LogP contribution in [0.2, 0.25) is 0 Å². The van der Waals surface area contributed by atoms with Crippen LogP contribution in [0.15, 0.2) is 27.4 Å². The highest BCUT2D eigenvalue weighted by Crippen LogP contribution is 2.22. The molecule has 0 amide bonds. The lowest BCUT2D eigenvalue weighted by atomic mass is 10.1. The molecule has 0 spiro atoms. The zero-order valence-corrected chi connectivity index (χ0v) is 9.50. The number of rotatable bonds is 1. The third-order valence-electron chi connectivity index (χ3n) is 1.87. The van der Waals surface area contributed by atoms with E-state index in [0.29, 0.717) is 10.7 Å². The predicted molar refractivity (Wildman–Crippen MR) is 56.9 cm³/mol. The van der Waals surface area contributed by atoms with Crippen LogP contribution in [0.3, 0.4) is 0 Å². The lowest BCUT2D eigenvalue weighted by Gasteiger charge is -1.99. The number of hydrogen-bond donors (Lipinski definition) is 0. The first-order valence-electron chi connectivity index (χ1n) is 4.23. The maximum Gasteiger partial charge on any atom is 0.285 e. The van der Waals surface area contributed by atoms with Crippen molar-refractivity contribution >= 4 is 15.9 Å². The highest BCUT2D eigenvalue weighted by Gasteiger charge is 2.06. The Kier molecular flexibility index (Phi) is 2.37. The number of aromatic nitrogens is 2. The average Bonchev–Trinajstić information content (AvgIpc) is 2.50. The van der Waals surface area contributed by atoms with Gasteiger partial charge in [0.25, 0.3) is 4.80 Å². The summed E-state index contributed by atoms with van der Waals surface area (Å²) in [5, 5.41) is 7.66. The first-order valence-corrected chi connectivity index (χ1v) is 5.02. The molecule has 4 heteroatoms. The minimum atomic E-state index is 0.409. The Hall–Kier alpha value is -1.16. The lowest BCUT2D eigenvalue weighted by molar-refractivity contribution is 0.540. The molecular weight excluding hydrogens is 244 g/mol. The van der Waals surface area contributed by atoms with Crippen molar-refractivity contribution in [2.24, 2.45) is 0 Å². The zero-order valence-electron chi connectivity index (χ0n) is 7.91. The van der Waals surface area contributed by atoms with Gasteiger partial charge in [0.1, 0.15) is 0 Å². The van der Waals surface area contributed by atoms with Crippen molar-refractivity contribution in [3.05, 3.63) is 34.1 Å². The predicted octanol–water partition coefficient (Wildman–Crippen LogP) is 3.12. The van der Waals surface area contributed by atoms with Gasteiger partial charge in [0.2, 0.25) is 5.89 Å². The summed E-state index contributed by atoms with van der Waals surface area (Å²) in [7, 11) is 0. The Bertz CT molecular complexity index is 445. The maximum absolute atomic E-state index is 5.27. The van der Waals surface area contributed by atoms with E-state index in [0.717, 1.165) is 5.56 Å². The summed E-state index contributed by atoms with van der Waals surface area (Å²) < 4.78 is 5.27. The fourth-order valence-corrected chi connectivity index (χ4v) is 1.65. The Morgan fingerprint density at radius 3 is 2.21 bits per heavy atom.